The first-order valence-corrected chi connectivity index (χ1v) is 17.4. The molecular weight excluding hydrogens is 738 g/mol. The van der Waals surface area contributed by atoms with Gasteiger partial charge in [0.05, 0.1) is 0 Å². The Morgan fingerprint density at radius 2 is 0.619 bits per heavy atom. The molecule has 4 aliphatic rings. The smallest absolute Gasteiger partial charge is 0.0499 e. The number of hydrogen-bond donors (Lipinski definition) is 0. The molecule has 4 fully saturated rings. The van der Waals surface area contributed by atoms with Gasteiger partial charge < -0.3 is 9.80 Å². The van der Waals surface area contributed by atoms with Crippen molar-refractivity contribution in [3.8, 4) is 0 Å². The third-order valence-corrected chi connectivity index (χ3v) is 12.3. The molecule has 0 N–H and O–H groups in total. The highest BCUT2D eigenvalue weighted by molar-refractivity contribution is 14.1. The van der Waals surface area contributed by atoms with Crippen LogP contribution in [0.25, 0.3) is 0 Å². The summed E-state index contributed by atoms with van der Waals surface area (Å²) in [6, 6.07) is 37.2. The summed E-state index contributed by atoms with van der Waals surface area (Å²) < 4.78 is 0.462. The summed E-state index contributed by atoms with van der Waals surface area (Å²) >= 11 is 5.81. The molecule has 0 atom stereocenters. The Balaban J connectivity index is 1.44. The van der Waals surface area contributed by atoms with Crippen molar-refractivity contribution in [3.05, 3.63) is 119 Å². The summed E-state index contributed by atoms with van der Waals surface area (Å²) in [6.45, 7) is 8.78. The number of nitrogens with zero attached hydrogens (tertiary/aromatic N) is 2. The largest absolute Gasteiger partial charge is 0.335 e. The number of aryl methyl sites for hydroxylation is 4. The predicted octanol–water partition coefficient (Wildman–Crippen LogP) is 11.1. The molecule has 42 heavy (non-hydrogen) atoms. The number of hydrogen-bond acceptors (Lipinski definition) is 2. The molecule has 4 heteroatoms. The van der Waals surface area contributed by atoms with Crippen LogP contribution in [0, 0.1) is 27.7 Å². The summed E-state index contributed by atoms with van der Waals surface area (Å²) in [6.07, 6.45) is 7.28. The molecule has 4 bridgehead atoms. The Labute approximate surface area is 279 Å². The average Bonchev–Trinajstić information content (AvgIpc) is 2.91. The van der Waals surface area contributed by atoms with E-state index in [0.717, 1.165) is 6.42 Å². The van der Waals surface area contributed by atoms with Crippen LogP contribution in [0.2, 0.25) is 0 Å². The first-order chi connectivity index (χ1) is 20.0. The van der Waals surface area contributed by atoms with Crippen molar-refractivity contribution in [2.24, 2.45) is 0 Å². The lowest BCUT2D eigenvalue weighted by atomic mass is 9.48. The Hall–Kier alpha value is -2.06. The third-order valence-electron chi connectivity index (χ3n) is 9.99. The van der Waals surface area contributed by atoms with Crippen LogP contribution in [0.4, 0.5) is 22.7 Å². The molecule has 8 rings (SSSR count). The Morgan fingerprint density at radius 1 is 0.381 bits per heavy atom. The maximum atomic E-state index is 2.90. The Kier molecular flexibility index (Phi) is 7.00. The van der Waals surface area contributed by atoms with Crippen LogP contribution in [0.5, 0.6) is 0 Å². The van der Waals surface area contributed by atoms with Gasteiger partial charge >= 0.3 is 0 Å². The Bertz CT molecular complexity index is 1370. The minimum absolute atomic E-state index is 0.00922. The summed E-state index contributed by atoms with van der Waals surface area (Å²) in [4.78, 5) is 5.53. The molecule has 0 saturated heterocycles. The monoisotopic (exact) mass is 778 g/mol. The fourth-order valence-corrected chi connectivity index (χ4v) is 14.0. The van der Waals surface area contributed by atoms with Crippen molar-refractivity contribution in [2.45, 2.75) is 84.1 Å². The lowest BCUT2D eigenvalue weighted by Gasteiger charge is -2.72. The van der Waals surface area contributed by atoms with Gasteiger partial charge in [0.15, 0.2) is 0 Å². The van der Waals surface area contributed by atoms with E-state index in [-0.39, 0.29) is 17.9 Å². The maximum Gasteiger partial charge on any atom is 0.0499 e. The van der Waals surface area contributed by atoms with Gasteiger partial charge in [0.25, 0.3) is 0 Å². The number of benzene rings is 4. The van der Waals surface area contributed by atoms with Gasteiger partial charge in [-0.2, -0.15) is 0 Å². The van der Waals surface area contributed by atoms with Gasteiger partial charge in [0.2, 0.25) is 0 Å². The summed E-state index contributed by atoms with van der Waals surface area (Å²) in [5, 5.41) is 0. The van der Waals surface area contributed by atoms with Gasteiger partial charge in [0, 0.05) is 40.7 Å². The molecule has 0 radical (unpaired) electrons. The molecule has 4 saturated carbocycles. The second-order valence-electron chi connectivity index (χ2n) is 13.8. The second-order valence-corrected chi connectivity index (χ2v) is 18.4. The van der Waals surface area contributed by atoms with Crippen LogP contribution in [0.1, 0.15) is 60.8 Å². The zero-order valence-corrected chi connectivity index (χ0v) is 29.4. The quantitative estimate of drug-likeness (QED) is 0.142. The van der Waals surface area contributed by atoms with Crippen molar-refractivity contribution in [1.82, 2.24) is 0 Å². The van der Waals surface area contributed by atoms with E-state index in [4.69, 9.17) is 0 Å². The van der Waals surface area contributed by atoms with Crippen LogP contribution >= 0.6 is 45.2 Å². The first-order valence-electron chi connectivity index (χ1n) is 15.2. The van der Waals surface area contributed by atoms with E-state index in [2.05, 4.69) is 180 Å². The molecule has 2 nitrogen and oxygen atoms in total. The van der Waals surface area contributed by atoms with Crippen LogP contribution in [-0.2, 0) is 0 Å². The molecule has 216 valence electrons. The molecule has 4 aromatic carbocycles. The number of alkyl halides is 2. The highest BCUT2D eigenvalue weighted by Gasteiger charge is 2.70. The van der Waals surface area contributed by atoms with Crippen LogP contribution in [0.3, 0.4) is 0 Å². The van der Waals surface area contributed by atoms with E-state index in [1.54, 1.807) is 0 Å². The molecule has 0 aliphatic heterocycles. The molecule has 4 aliphatic carbocycles. The molecular formula is C38H40I2N2. The average molecular weight is 779 g/mol. The topological polar surface area (TPSA) is 6.48 Å². The van der Waals surface area contributed by atoms with Crippen molar-refractivity contribution in [2.75, 3.05) is 9.80 Å². The minimum atomic E-state index is 0.00922. The fourth-order valence-electron chi connectivity index (χ4n) is 8.93. The molecule has 0 aromatic heterocycles. The lowest BCUT2D eigenvalue weighted by Crippen LogP contribution is -2.75. The van der Waals surface area contributed by atoms with E-state index in [9.17, 15) is 0 Å². The highest BCUT2D eigenvalue weighted by atomic mass is 127. The second kappa shape index (κ2) is 10.3. The zero-order valence-electron chi connectivity index (χ0n) is 25.1. The summed E-state index contributed by atoms with van der Waals surface area (Å²) in [5.41, 5.74) is 10.5. The van der Waals surface area contributed by atoms with Gasteiger partial charge in [-0.1, -0.05) is 116 Å². The van der Waals surface area contributed by atoms with Crippen LogP contribution in [-0.4, -0.2) is 17.9 Å². The number of rotatable bonds is 6. The van der Waals surface area contributed by atoms with E-state index in [0.29, 0.717) is 0 Å². The van der Waals surface area contributed by atoms with E-state index in [1.807, 2.05) is 0 Å². The van der Waals surface area contributed by atoms with Gasteiger partial charge in [-0.3, -0.25) is 0 Å². The van der Waals surface area contributed by atoms with Crippen molar-refractivity contribution in [1.29, 1.82) is 0 Å². The van der Waals surface area contributed by atoms with Crippen molar-refractivity contribution >= 4 is 67.9 Å². The molecule has 0 heterocycles. The molecule has 4 aromatic rings. The standard InChI is InChI=1S/C38H40I2N2/c1-27-5-13-31(14-6-27)41(32-15-7-28(2)8-16-32)37-22-35(39)21-36(40,23-37)25-38(24-35,26-37)42(33-17-9-29(3)10-18-33)34-19-11-30(4)12-20-34/h5-20H,21-26H2,1-4H3. The van der Waals surface area contributed by atoms with Crippen LogP contribution < -0.4 is 9.80 Å². The molecule has 0 spiro atoms. The summed E-state index contributed by atoms with van der Waals surface area (Å²) in [5.74, 6) is 0. The van der Waals surface area contributed by atoms with Gasteiger partial charge in [-0.15, -0.1) is 0 Å². The van der Waals surface area contributed by atoms with Crippen LogP contribution in [0.15, 0.2) is 97.1 Å². The summed E-state index contributed by atoms with van der Waals surface area (Å²) in [7, 11) is 0. The Morgan fingerprint density at radius 3 is 0.857 bits per heavy atom. The third kappa shape index (κ3) is 4.98. The van der Waals surface area contributed by atoms with Gasteiger partial charge in [0.1, 0.15) is 0 Å². The molecule has 0 amide bonds. The van der Waals surface area contributed by atoms with E-state index < -0.39 is 0 Å². The van der Waals surface area contributed by atoms with Gasteiger partial charge in [-0.05, 0) is 115 Å². The number of halogens is 2. The fraction of sp³-hybridized carbons (Fsp3) is 0.368. The highest BCUT2D eigenvalue weighted by Crippen LogP contribution is 2.71. The SMILES string of the molecule is Cc1ccc(N(c2ccc(C)cc2)C23CC4(I)CC(I)(C2)CC(N(c2ccc(C)cc2)c2ccc(C)cc2)(C4)C3)cc1. The van der Waals surface area contributed by atoms with Crippen molar-refractivity contribution < 1.29 is 0 Å². The maximum absolute atomic E-state index is 2.90. The molecule has 0 unspecified atom stereocenters. The number of anilines is 4. The van der Waals surface area contributed by atoms with E-state index >= 15 is 0 Å². The first kappa shape index (κ1) is 28.7. The van der Waals surface area contributed by atoms with Crippen molar-refractivity contribution in [3.63, 3.8) is 0 Å². The van der Waals surface area contributed by atoms with Gasteiger partial charge in [-0.25, -0.2) is 0 Å². The predicted molar refractivity (Wildman–Crippen MR) is 196 cm³/mol. The van der Waals surface area contributed by atoms with E-state index in [1.165, 1.54) is 77.1 Å². The normalized spacial score (nSPS) is 29.5. The lowest BCUT2D eigenvalue weighted by molar-refractivity contribution is 0.0290. The minimum Gasteiger partial charge on any atom is -0.335 e. The zero-order chi connectivity index (χ0) is 29.3.